The van der Waals surface area contributed by atoms with Gasteiger partial charge in [0, 0.05) is 24.1 Å². The van der Waals surface area contributed by atoms with E-state index in [2.05, 4.69) is 0 Å². The molecule has 9 heteroatoms. The zero-order chi connectivity index (χ0) is 24.0. The Morgan fingerprint density at radius 1 is 0.909 bits per heavy atom. The van der Waals surface area contributed by atoms with Gasteiger partial charge in [0.25, 0.3) is 11.6 Å². The molecule has 0 saturated heterocycles. The molecule has 0 N–H and O–H groups in total. The maximum Gasteiger partial charge on any atom is 0.338 e. The molecule has 0 saturated carbocycles. The molecule has 9 nitrogen and oxygen atoms in total. The van der Waals surface area contributed by atoms with Crippen LogP contribution in [0.15, 0.2) is 60.7 Å². The van der Waals surface area contributed by atoms with Gasteiger partial charge in [0.2, 0.25) is 0 Å². The molecule has 0 radical (unpaired) electrons. The Morgan fingerprint density at radius 3 is 2.18 bits per heavy atom. The van der Waals surface area contributed by atoms with Gasteiger partial charge in [-0.05, 0) is 31.4 Å². The van der Waals surface area contributed by atoms with Crippen molar-refractivity contribution in [1.82, 2.24) is 0 Å². The summed E-state index contributed by atoms with van der Waals surface area (Å²) in [7, 11) is 0. The lowest BCUT2D eigenvalue weighted by molar-refractivity contribution is -0.384. The van der Waals surface area contributed by atoms with Crippen LogP contribution in [0.1, 0.15) is 34.6 Å². The fourth-order valence-corrected chi connectivity index (χ4v) is 3.38. The second-order valence-electron chi connectivity index (χ2n) is 6.96. The molecule has 0 heterocycles. The molecule has 3 rings (SSSR count). The van der Waals surface area contributed by atoms with E-state index in [0.29, 0.717) is 12.2 Å². The van der Waals surface area contributed by atoms with Crippen molar-refractivity contribution in [1.29, 1.82) is 0 Å². The molecule has 0 bridgehead atoms. The number of benzene rings is 3. The van der Waals surface area contributed by atoms with Crippen LogP contribution in [0.3, 0.4) is 0 Å². The third-order valence-corrected chi connectivity index (χ3v) is 4.88. The van der Waals surface area contributed by atoms with Crippen molar-refractivity contribution >= 4 is 40.0 Å². The quantitative estimate of drug-likeness (QED) is 0.288. The molecule has 0 atom stereocenters. The number of anilines is 1. The van der Waals surface area contributed by atoms with E-state index in [4.69, 9.17) is 9.47 Å². The normalized spacial score (nSPS) is 10.5. The van der Waals surface area contributed by atoms with Crippen LogP contribution in [0.5, 0.6) is 0 Å². The molecule has 170 valence electrons. The van der Waals surface area contributed by atoms with E-state index in [1.165, 1.54) is 4.90 Å². The highest BCUT2D eigenvalue weighted by Gasteiger charge is 2.22. The SMILES string of the molecule is CCOC(=O)c1cc(C(=O)OCC(=O)N(CC)c2cccc3ccccc23)cc([N+](=O)[O-])c1. The average molecular weight is 450 g/mol. The summed E-state index contributed by atoms with van der Waals surface area (Å²) in [5.41, 5.74) is -0.176. The molecule has 33 heavy (non-hydrogen) atoms. The maximum absolute atomic E-state index is 12.9. The fraction of sp³-hybridized carbons (Fsp3) is 0.208. The number of likely N-dealkylation sites (N-methyl/N-ethyl adjacent to an activating group) is 1. The van der Waals surface area contributed by atoms with Gasteiger partial charge in [-0.25, -0.2) is 9.59 Å². The average Bonchev–Trinajstić information content (AvgIpc) is 2.83. The predicted octanol–water partition coefficient (Wildman–Crippen LogP) is 4.13. The maximum atomic E-state index is 12.9. The Labute approximate surface area is 189 Å². The van der Waals surface area contributed by atoms with Gasteiger partial charge < -0.3 is 14.4 Å². The van der Waals surface area contributed by atoms with Crippen molar-refractivity contribution in [3.8, 4) is 0 Å². The Hall–Kier alpha value is -4.27. The lowest BCUT2D eigenvalue weighted by atomic mass is 10.1. The number of carbonyl (C=O) groups excluding carboxylic acids is 3. The minimum Gasteiger partial charge on any atom is -0.462 e. The third kappa shape index (κ3) is 5.32. The highest BCUT2D eigenvalue weighted by molar-refractivity contribution is 6.05. The van der Waals surface area contributed by atoms with Crippen LogP contribution < -0.4 is 4.90 Å². The van der Waals surface area contributed by atoms with Crippen LogP contribution in [0.25, 0.3) is 10.8 Å². The molecule has 0 aromatic heterocycles. The first-order valence-electron chi connectivity index (χ1n) is 10.3. The summed E-state index contributed by atoms with van der Waals surface area (Å²) in [6, 6.07) is 16.3. The monoisotopic (exact) mass is 450 g/mol. The highest BCUT2D eigenvalue weighted by Crippen LogP contribution is 2.27. The summed E-state index contributed by atoms with van der Waals surface area (Å²) >= 11 is 0. The molecule has 1 amide bonds. The molecule has 0 aliphatic heterocycles. The van der Waals surface area contributed by atoms with Crippen molar-refractivity contribution in [2.75, 3.05) is 24.7 Å². The number of carbonyl (C=O) groups is 3. The Morgan fingerprint density at radius 2 is 1.55 bits per heavy atom. The topological polar surface area (TPSA) is 116 Å². The number of ether oxygens (including phenoxy) is 2. The van der Waals surface area contributed by atoms with Gasteiger partial charge in [-0.2, -0.15) is 0 Å². The van der Waals surface area contributed by atoms with E-state index in [1.54, 1.807) is 19.9 Å². The minimum absolute atomic E-state index is 0.0663. The van der Waals surface area contributed by atoms with Gasteiger partial charge in [-0.3, -0.25) is 14.9 Å². The largest absolute Gasteiger partial charge is 0.462 e. The number of nitro benzene ring substituents is 1. The lowest BCUT2D eigenvalue weighted by Gasteiger charge is -2.22. The summed E-state index contributed by atoms with van der Waals surface area (Å²) in [4.78, 5) is 49.4. The first-order valence-corrected chi connectivity index (χ1v) is 10.3. The molecular formula is C24H22N2O7. The summed E-state index contributed by atoms with van der Waals surface area (Å²) in [5, 5.41) is 13.0. The van der Waals surface area contributed by atoms with Crippen LogP contribution >= 0.6 is 0 Å². The van der Waals surface area contributed by atoms with Crippen molar-refractivity contribution in [3.63, 3.8) is 0 Å². The second kappa shape index (κ2) is 10.4. The zero-order valence-electron chi connectivity index (χ0n) is 18.1. The van der Waals surface area contributed by atoms with E-state index >= 15 is 0 Å². The van der Waals surface area contributed by atoms with Gasteiger partial charge in [0.1, 0.15) is 0 Å². The summed E-state index contributed by atoms with van der Waals surface area (Å²) in [6.45, 7) is 3.22. The molecule has 0 aliphatic carbocycles. The van der Waals surface area contributed by atoms with Crippen LogP contribution in [-0.4, -0.2) is 42.5 Å². The van der Waals surface area contributed by atoms with Crippen LogP contribution in [-0.2, 0) is 14.3 Å². The van der Waals surface area contributed by atoms with Crippen LogP contribution in [0.4, 0.5) is 11.4 Å². The molecule has 0 fully saturated rings. The van der Waals surface area contributed by atoms with E-state index < -0.39 is 35.1 Å². The Balaban J connectivity index is 1.80. The van der Waals surface area contributed by atoms with Gasteiger partial charge in [0.15, 0.2) is 6.61 Å². The number of hydrogen-bond donors (Lipinski definition) is 0. The smallest absolute Gasteiger partial charge is 0.338 e. The van der Waals surface area contributed by atoms with E-state index in [0.717, 1.165) is 29.0 Å². The lowest BCUT2D eigenvalue weighted by Crippen LogP contribution is -2.34. The zero-order valence-corrected chi connectivity index (χ0v) is 18.1. The number of nitrogens with zero attached hydrogens (tertiary/aromatic N) is 2. The molecule has 3 aromatic rings. The van der Waals surface area contributed by atoms with Crippen molar-refractivity contribution in [2.45, 2.75) is 13.8 Å². The predicted molar refractivity (Wildman–Crippen MR) is 121 cm³/mol. The molecule has 0 aliphatic rings. The van der Waals surface area contributed by atoms with Gasteiger partial charge in [-0.15, -0.1) is 0 Å². The summed E-state index contributed by atoms with van der Waals surface area (Å²) in [5.74, 6) is -2.23. The standard InChI is InChI=1S/C24H22N2O7/c1-3-25(21-11-7-9-16-8-5-6-10-20(16)21)22(27)15-33-24(29)18-12-17(23(28)32-4-2)13-19(14-18)26(30)31/h5-14H,3-4,15H2,1-2H3. The number of hydrogen-bond acceptors (Lipinski definition) is 7. The molecule has 0 unspecified atom stereocenters. The van der Waals surface area contributed by atoms with E-state index in [9.17, 15) is 24.5 Å². The van der Waals surface area contributed by atoms with Crippen LogP contribution in [0, 0.1) is 10.1 Å². The Kier molecular flexibility index (Phi) is 7.34. The van der Waals surface area contributed by atoms with Gasteiger partial charge in [-0.1, -0.05) is 36.4 Å². The van der Waals surface area contributed by atoms with Crippen molar-refractivity contribution in [3.05, 3.63) is 81.9 Å². The first-order chi connectivity index (χ1) is 15.8. The van der Waals surface area contributed by atoms with Crippen molar-refractivity contribution < 1.29 is 28.8 Å². The van der Waals surface area contributed by atoms with Gasteiger partial charge in [0.05, 0.1) is 28.3 Å². The number of esters is 2. The Bertz CT molecular complexity index is 1220. The number of rotatable bonds is 8. The van der Waals surface area contributed by atoms with E-state index in [1.807, 2.05) is 36.4 Å². The van der Waals surface area contributed by atoms with Crippen LogP contribution in [0.2, 0.25) is 0 Å². The fourth-order valence-electron chi connectivity index (χ4n) is 3.38. The van der Waals surface area contributed by atoms with Crippen molar-refractivity contribution in [2.24, 2.45) is 0 Å². The van der Waals surface area contributed by atoms with Gasteiger partial charge >= 0.3 is 11.9 Å². The number of amides is 1. The van der Waals surface area contributed by atoms with E-state index in [-0.39, 0.29) is 17.7 Å². The number of nitro groups is 1. The minimum atomic E-state index is -0.966. The third-order valence-electron chi connectivity index (χ3n) is 4.88. The molecule has 3 aromatic carbocycles. The summed E-state index contributed by atoms with van der Waals surface area (Å²) in [6.07, 6.45) is 0. The summed E-state index contributed by atoms with van der Waals surface area (Å²) < 4.78 is 9.98. The molecular weight excluding hydrogens is 428 g/mol. The highest BCUT2D eigenvalue weighted by atomic mass is 16.6. The second-order valence-corrected chi connectivity index (χ2v) is 6.96. The number of fused-ring (bicyclic) bond motifs is 1. The number of non-ortho nitro benzene ring substituents is 1. The first kappa shape index (κ1) is 23.4. The molecule has 0 spiro atoms.